The maximum Gasteiger partial charge on any atom is 0.178 e. The van der Waals surface area contributed by atoms with Crippen LogP contribution in [0.15, 0.2) is 30.7 Å². The number of aliphatic hydroxyl groups excluding tert-OH is 1. The zero-order valence-corrected chi connectivity index (χ0v) is 18.0. The second-order valence-electron chi connectivity index (χ2n) is 8.04. The predicted molar refractivity (Wildman–Crippen MR) is 116 cm³/mol. The highest BCUT2D eigenvalue weighted by Crippen LogP contribution is 2.37. The summed E-state index contributed by atoms with van der Waals surface area (Å²) >= 11 is 0. The molecule has 160 valence electrons. The maximum atomic E-state index is 10.4. The molecule has 4 heterocycles. The standard InChI is InChI=1S/C21H26N6O2.ClH/c1-13(2)27-21(23-12-24-27)17-11-26-7-8-29-19-9-14(3-4-16(19)20(26)25-17)15-5-6-22-10-18(15)28;/h3-4,9,11-13,15,18,22,28H,5-8,10H2,1-2H3;1H/t15-,18-;/m1./s1. The van der Waals surface area contributed by atoms with Crippen LogP contribution in [0, 0.1) is 0 Å². The summed E-state index contributed by atoms with van der Waals surface area (Å²) in [5, 5.41) is 18.0. The Morgan fingerprint density at radius 1 is 1.27 bits per heavy atom. The summed E-state index contributed by atoms with van der Waals surface area (Å²) < 4.78 is 10.1. The first kappa shape index (κ1) is 20.8. The molecule has 2 aliphatic heterocycles. The van der Waals surface area contributed by atoms with Crippen molar-refractivity contribution in [2.45, 2.75) is 44.9 Å². The number of piperidine rings is 1. The van der Waals surface area contributed by atoms with Crippen molar-refractivity contribution in [1.29, 1.82) is 0 Å². The Hall–Kier alpha value is -2.42. The van der Waals surface area contributed by atoms with Gasteiger partial charge < -0.3 is 19.7 Å². The number of hydrogen-bond acceptors (Lipinski definition) is 6. The topological polar surface area (TPSA) is 90.0 Å². The highest BCUT2D eigenvalue weighted by Gasteiger charge is 2.27. The Morgan fingerprint density at radius 3 is 2.93 bits per heavy atom. The van der Waals surface area contributed by atoms with Crippen LogP contribution in [0.25, 0.3) is 22.9 Å². The van der Waals surface area contributed by atoms with Crippen LogP contribution in [0.5, 0.6) is 5.75 Å². The van der Waals surface area contributed by atoms with Crippen molar-refractivity contribution in [3.8, 4) is 28.7 Å². The molecule has 0 spiro atoms. The van der Waals surface area contributed by atoms with E-state index in [0.29, 0.717) is 13.2 Å². The third-order valence-electron chi connectivity index (χ3n) is 5.78. The molecule has 5 rings (SSSR count). The fraction of sp³-hybridized carbons (Fsp3) is 0.476. The van der Waals surface area contributed by atoms with Gasteiger partial charge in [0.25, 0.3) is 0 Å². The second kappa shape index (κ2) is 8.37. The summed E-state index contributed by atoms with van der Waals surface area (Å²) in [6.45, 7) is 7.01. The van der Waals surface area contributed by atoms with E-state index in [-0.39, 0.29) is 30.5 Å². The number of nitrogens with zero attached hydrogens (tertiary/aromatic N) is 5. The number of aromatic nitrogens is 5. The average molecular weight is 431 g/mol. The number of nitrogens with one attached hydrogen (secondary N) is 1. The summed E-state index contributed by atoms with van der Waals surface area (Å²) in [6, 6.07) is 6.46. The first-order chi connectivity index (χ1) is 14.1. The van der Waals surface area contributed by atoms with Gasteiger partial charge in [0.2, 0.25) is 0 Å². The number of fused-ring (bicyclic) bond motifs is 3. The lowest BCUT2D eigenvalue weighted by atomic mass is 9.87. The summed E-state index contributed by atoms with van der Waals surface area (Å²) in [7, 11) is 0. The van der Waals surface area contributed by atoms with Crippen molar-refractivity contribution >= 4 is 12.4 Å². The molecule has 1 saturated heterocycles. The van der Waals surface area contributed by atoms with Crippen molar-refractivity contribution in [2.75, 3.05) is 19.7 Å². The molecule has 30 heavy (non-hydrogen) atoms. The van der Waals surface area contributed by atoms with E-state index < -0.39 is 0 Å². The highest BCUT2D eigenvalue weighted by atomic mass is 35.5. The first-order valence-corrected chi connectivity index (χ1v) is 10.2. The molecule has 0 aliphatic carbocycles. The number of rotatable bonds is 3. The molecule has 0 saturated carbocycles. The number of hydrogen-bond donors (Lipinski definition) is 2. The van der Waals surface area contributed by atoms with Gasteiger partial charge in [-0.05, 0) is 44.5 Å². The van der Waals surface area contributed by atoms with Crippen LogP contribution in [0.2, 0.25) is 0 Å². The SMILES string of the molecule is CC(C)n1ncnc1-c1cn2c(n1)-c1ccc([C@H]3CCNC[C@H]3O)cc1OCC2.Cl. The number of halogens is 1. The van der Waals surface area contributed by atoms with E-state index in [9.17, 15) is 5.11 Å². The Balaban J connectivity index is 0.00000218. The summed E-state index contributed by atoms with van der Waals surface area (Å²) in [5.74, 6) is 2.61. The largest absolute Gasteiger partial charge is 0.491 e. The molecule has 0 radical (unpaired) electrons. The third kappa shape index (κ3) is 3.59. The molecule has 2 aromatic heterocycles. The Morgan fingerprint density at radius 2 is 2.13 bits per heavy atom. The molecular formula is C21H27ClN6O2. The minimum Gasteiger partial charge on any atom is -0.491 e. The predicted octanol–water partition coefficient (Wildman–Crippen LogP) is 2.64. The zero-order chi connectivity index (χ0) is 20.0. The number of aliphatic hydroxyl groups is 1. The van der Waals surface area contributed by atoms with Gasteiger partial charge in [-0.1, -0.05) is 6.07 Å². The van der Waals surface area contributed by atoms with Crippen molar-refractivity contribution in [3.63, 3.8) is 0 Å². The normalized spacial score (nSPS) is 20.7. The molecule has 1 aromatic carbocycles. The van der Waals surface area contributed by atoms with Gasteiger partial charge in [0, 0.05) is 24.7 Å². The molecule has 2 N–H and O–H groups in total. The smallest absolute Gasteiger partial charge is 0.178 e. The van der Waals surface area contributed by atoms with E-state index in [1.807, 2.05) is 10.9 Å². The van der Waals surface area contributed by atoms with Crippen molar-refractivity contribution < 1.29 is 9.84 Å². The van der Waals surface area contributed by atoms with Crippen molar-refractivity contribution in [2.24, 2.45) is 0 Å². The molecule has 3 aromatic rings. The van der Waals surface area contributed by atoms with Crippen molar-refractivity contribution in [3.05, 3.63) is 36.3 Å². The summed E-state index contributed by atoms with van der Waals surface area (Å²) in [6.07, 6.45) is 4.15. The van der Waals surface area contributed by atoms with Gasteiger partial charge in [-0.15, -0.1) is 12.4 Å². The van der Waals surface area contributed by atoms with Gasteiger partial charge in [0.15, 0.2) is 5.82 Å². The maximum absolute atomic E-state index is 10.4. The Bertz CT molecular complexity index is 1030. The highest BCUT2D eigenvalue weighted by molar-refractivity contribution is 5.85. The van der Waals surface area contributed by atoms with Gasteiger partial charge in [-0.2, -0.15) is 5.10 Å². The van der Waals surface area contributed by atoms with Crippen LogP contribution < -0.4 is 10.1 Å². The number of benzene rings is 1. The minimum absolute atomic E-state index is 0. The van der Waals surface area contributed by atoms with Crippen LogP contribution >= 0.6 is 12.4 Å². The van der Waals surface area contributed by atoms with Crippen LogP contribution in [0.1, 0.15) is 37.8 Å². The lowest BCUT2D eigenvalue weighted by molar-refractivity contribution is 0.118. The molecule has 2 aliphatic rings. The number of ether oxygens (including phenoxy) is 1. The van der Waals surface area contributed by atoms with Gasteiger partial charge in [-0.25, -0.2) is 14.6 Å². The van der Waals surface area contributed by atoms with E-state index in [1.54, 1.807) is 6.33 Å². The Labute approximate surface area is 181 Å². The zero-order valence-electron chi connectivity index (χ0n) is 17.2. The van der Waals surface area contributed by atoms with E-state index in [4.69, 9.17) is 9.72 Å². The fourth-order valence-electron chi connectivity index (χ4n) is 4.28. The van der Waals surface area contributed by atoms with E-state index in [0.717, 1.165) is 53.7 Å². The molecule has 8 nitrogen and oxygen atoms in total. The average Bonchev–Trinajstić information content (AvgIpc) is 3.32. The summed E-state index contributed by atoms with van der Waals surface area (Å²) in [4.78, 5) is 9.32. The molecule has 0 amide bonds. The van der Waals surface area contributed by atoms with Crippen LogP contribution in [-0.4, -0.2) is 55.2 Å². The Kier molecular flexibility index (Phi) is 5.81. The number of β-amino-alcohol motifs (C(OH)–C–C–N with tert-alkyl or cyclic N) is 1. The molecule has 9 heteroatoms. The molecule has 0 bridgehead atoms. The molecule has 2 atom stereocenters. The van der Waals surface area contributed by atoms with Gasteiger partial charge in [0.05, 0.1) is 18.2 Å². The minimum atomic E-state index is -0.372. The quantitative estimate of drug-likeness (QED) is 0.664. The van der Waals surface area contributed by atoms with Crippen LogP contribution in [0.3, 0.4) is 0 Å². The number of imidazole rings is 1. The van der Waals surface area contributed by atoms with E-state index in [1.165, 1.54) is 0 Å². The van der Waals surface area contributed by atoms with Gasteiger partial charge in [0.1, 0.15) is 30.2 Å². The lowest BCUT2D eigenvalue weighted by Crippen LogP contribution is -2.39. The molecule has 0 unspecified atom stereocenters. The fourth-order valence-corrected chi connectivity index (χ4v) is 4.28. The first-order valence-electron chi connectivity index (χ1n) is 10.2. The van der Waals surface area contributed by atoms with Crippen molar-refractivity contribution in [1.82, 2.24) is 29.6 Å². The molecule has 1 fully saturated rings. The summed E-state index contributed by atoms with van der Waals surface area (Å²) in [5.41, 5.74) is 2.91. The monoisotopic (exact) mass is 430 g/mol. The molecular weight excluding hydrogens is 404 g/mol. The van der Waals surface area contributed by atoms with E-state index >= 15 is 0 Å². The lowest BCUT2D eigenvalue weighted by Gasteiger charge is -2.29. The van der Waals surface area contributed by atoms with Gasteiger partial charge >= 0.3 is 0 Å². The third-order valence-corrected chi connectivity index (χ3v) is 5.78. The van der Waals surface area contributed by atoms with Gasteiger partial charge in [-0.3, -0.25) is 0 Å². The van der Waals surface area contributed by atoms with Crippen LogP contribution in [-0.2, 0) is 6.54 Å². The van der Waals surface area contributed by atoms with E-state index in [2.05, 4.69) is 52.0 Å². The second-order valence-corrected chi connectivity index (χ2v) is 8.04. The van der Waals surface area contributed by atoms with Crippen LogP contribution in [0.4, 0.5) is 0 Å².